The molecule has 4 rings (SSSR count). The molecule has 1 saturated heterocycles. The fraction of sp³-hybridized carbons (Fsp3) is 0.421. The van der Waals surface area contributed by atoms with Gasteiger partial charge in [0.1, 0.15) is 12.0 Å². The van der Waals surface area contributed by atoms with Gasteiger partial charge < -0.3 is 15.2 Å². The molecule has 1 aliphatic rings. The van der Waals surface area contributed by atoms with E-state index in [2.05, 4.69) is 20.5 Å². The van der Waals surface area contributed by atoms with Gasteiger partial charge in [-0.1, -0.05) is 23.8 Å². The van der Waals surface area contributed by atoms with Crippen molar-refractivity contribution in [1.82, 2.24) is 19.6 Å². The number of rotatable bonds is 4. The molecule has 2 N–H and O–H groups in total. The normalized spacial score (nSPS) is 20.2. The van der Waals surface area contributed by atoms with Gasteiger partial charge in [-0.2, -0.15) is 13.2 Å². The lowest BCUT2D eigenvalue weighted by molar-refractivity contribution is -0.127. The number of imidazole rings is 1. The number of hydrogen-bond acceptors (Lipinski definition) is 6. The molecule has 154 valence electrons. The van der Waals surface area contributed by atoms with E-state index in [-0.39, 0.29) is 18.2 Å². The SMILES string of the molecule is Cc1ccc(-c2nnc(N[C@@H]3CCOC[C@H]3O)n3cncc23)c(CC(F)(F)F)c1. The van der Waals surface area contributed by atoms with Gasteiger partial charge in [0.05, 0.1) is 36.9 Å². The molecular weight excluding hydrogens is 387 g/mol. The van der Waals surface area contributed by atoms with Crippen LogP contribution in [0.1, 0.15) is 17.5 Å². The summed E-state index contributed by atoms with van der Waals surface area (Å²) in [5.74, 6) is 0.358. The number of nitrogens with one attached hydrogen (secondary N) is 1. The average molecular weight is 407 g/mol. The quantitative estimate of drug-likeness (QED) is 0.692. The van der Waals surface area contributed by atoms with Crippen molar-refractivity contribution in [1.29, 1.82) is 0 Å². The zero-order valence-electron chi connectivity index (χ0n) is 15.6. The second-order valence-electron chi connectivity index (χ2n) is 7.16. The van der Waals surface area contributed by atoms with Gasteiger partial charge in [0.2, 0.25) is 5.95 Å². The number of hydrogen-bond donors (Lipinski definition) is 2. The first-order chi connectivity index (χ1) is 13.8. The molecule has 3 heterocycles. The van der Waals surface area contributed by atoms with Crippen molar-refractivity contribution in [3.8, 4) is 11.3 Å². The largest absolute Gasteiger partial charge is 0.393 e. The van der Waals surface area contributed by atoms with Crippen LogP contribution in [0.2, 0.25) is 0 Å². The molecule has 0 radical (unpaired) electrons. The summed E-state index contributed by atoms with van der Waals surface area (Å²) < 4.78 is 46.1. The Hall–Kier alpha value is -2.72. The molecule has 1 fully saturated rings. The van der Waals surface area contributed by atoms with E-state index >= 15 is 0 Å². The maximum atomic E-state index is 13.1. The van der Waals surface area contributed by atoms with Crippen LogP contribution in [0.4, 0.5) is 19.1 Å². The van der Waals surface area contributed by atoms with E-state index in [9.17, 15) is 18.3 Å². The third-order valence-electron chi connectivity index (χ3n) is 4.90. The number of nitrogens with zero attached hydrogens (tertiary/aromatic N) is 4. The first-order valence-electron chi connectivity index (χ1n) is 9.19. The van der Waals surface area contributed by atoms with Crippen LogP contribution in [-0.2, 0) is 11.2 Å². The standard InChI is InChI=1S/C19H20F3N5O2/c1-11-2-3-13(12(6-11)7-19(20,21)22)17-15-8-23-10-27(15)18(26-25-17)24-14-4-5-29-9-16(14)28/h2-3,6,8,10,14,16,28H,4-5,7,9H2,1H3,(H,24,26)/t14-,16-/m1/s1. The number of aliphatic hydroxyl groups is 1. The van der Waals surface area contributed by atoms with Gasteiger partial charge >= 0.3 is 6.18 Å². The summed E-state index contributed by atoms with van der Waals surface area (Å²) in [5.41, 5.74) is 2.08. The first kappa shape index (κ1) is 19.6. The van der Waals surface area contributed by atoms with Crippen molar-refractivity contribution in [2.24, 2.45) is 0 Å². The number of fused-ring (bicyclic) bond motifs is 1. The average Bonchev–Trinajstić information content (AvgIpc) is 3.13. The highest BCUT2D eigenvalue weighted by Crippen LogP contribution is 2.32. The number of anilines is 1. The summed E-state index contributed by atoms with van der Waals surface area (Å²) in [6.07, 6.45) is -2.45. The molecule has 29 heavy (non-hydrogen) atoms. The van der Waals surface area contributed by atoms with E-state index in [1.807, 2.05) is 0 Å². The van der Waals surface area contributed by atoms with Crippen molar-refractivity contribution in [2.75, 3.05) is 18.5 Å². The lowest BCUT2D eigenvalue weighted by atomic mass is 9.98. The zero-order chi connectivity index (χ0) is 20.6. The molecule has 7 nitrogen and oxygen atoms in total. The molecule has 1 aliphatic heterocycles. The van der Waals surface area contributed by atoms with E-state index in [0.29, 0.717) is 35.8 Å². The summed E-state index contributed by atoms with van der Waals surface area (Å²) in [4.78, 5) is 4.12. The molecular formula is C19H20F3N5O2. The van der Waals surface area contributed by atoms with Crippen molar-refractivity contribution < 1.29 is 23.0 Å². The molecule has 0 spiro atoms. The Bertz CT molecular complexity index is 1020. The van der Waals surface area contributed by atoms with E-state index in [1.165, 1.54) is 18.6 Å². The van der Waals surface area contributed by atoms with E-state index in [0.717, 1.165) is 5.56 Å². The van der Waals surface area contributed by atoms with Crippen LogP contribution in [0.3, 0.4) is 0 Å². The molecule has 0 saturated carbocycles. The molecule has 10 heteroatoms. The van der Waals surface area contributed by atoms with Crippen molar-refractivity contribution in [3.05, 3.63) is 41.9 Å². The predicted octanol–water partition coefficient (Wildman–Crippen LogP) is 2.77. The van der Waals surface area contributed by atoms with E-state index in [4.69, 9.17) is 4.74 Å². The Labute approximate surface area is 164 Å². The monoisotopic (exact) mass is 407 g/mol. The van der Waals surface area contributed by atoms with Crippen LogP contribution in [-0.4, -0.2) is 56.2 Å². The van der Waals surface area contributed by atoms with Gasteiger partial charge in [-0.25, -0.2) is 4.98 Å². The summed E-state index contributed by atoms with van der Waals surface area (Å²) >= 11 is 0. The second kappa shape index (κ2) is 7.60. The lowest BCUT2D eigenvalue weighted by Gasteiger charge is -2.28. The third-order valence-corrected chi connectivity index (χ3v) is 4.90. The minimum Gasteiger partial charge on any atom is -0.389 e. The Kier molecular flexibility index (Phi) is 5.13. The molecule has 2 aromatic heterocycles. The van der Waals surface area contributed by atoms with Gasteiger partial charge in [0, 0.05) is 12.2 Å². The topological polar surface area (TPSA) is 84.6 Å². The first-order valence-corrected chi connectivity index (χ1v) is 9.19. The zero-order valence-corrected chi connectivity index (χ0v) is 15.6. The molecule has 0 bridgehead atoms. The highest BCUT2D eigenvalue weighted by atomic mass is 19.4. The van der Waals surface area contributed by atoms with Crippen LogP contribution in [0.15, 0.2) is 30.7 Å². The van der Waals surface area contributed by atoms with Crippen LogP contribution in [0, 0.1) is 6.92 Å². The number of aliphatic hydroxyl groups excluding tert-OH is 1. The highest BCUT2D eigenvalue weighted by molar-refractivity contribution is 5.79. The molecule has 2 atom stereocenters. The molecule has 1 aromatic carbocycles. The minimum absolute atomic E-state index is 0.135. The van der Waals surface area contributed by atoms with Crippen molar-refractivity contribution in [2.45, 2.75) is 38.1 Å². The van der Waals surface area contributed by atoms with Gasteiger partial charge in [-0.3, -0.25) is 4.40 Å². The van der Waals surface area contributed by atoms with Gasteiger partial charge in [0.25, 0.3) is 0 Å². The summed E-state index contributed by atoms with van der Waals surface area (Å²) in [6.45, 7) is 2.48. The number of ether oxygens (including phenoxy) is 1. The van der Waals surface area contributed by atoms with Crippen LogP contribution in [0.25, 0.3) is 16.8 Å². The Morgan fingerprint density at radius 3 is 2.90 bits per heavy atom. The number of benzene rings is 1. The number of halogens is 3. The van der Waals surface area contributed by atoms with E-state index < -0.39 is 18.7 Å². The molecule has 0 amide bonds. The smallest absolute Gasteiger partial charge is 0.389 e. The predicted molar refractivity (Wildman–Crippen MR) is 99.6 cm³/mol. The van der Waals surface area contributed by atoms with Gasteiger partial charge in [-0.15, -0.1) is 10.2 Å². The summed E-state index contributed by atoms with van der Waals surface area (Å²) in [5, 5.41) is 21.6. The molecule has 3 aromatic rings. The van der Waals surface area contributed by atoms with E-state index in [1.54, 1.807) is 23.5 Å². The Morgan fingerprint density at radius 1 is 1.31 bits per heavy atom. The number of aryl methyl sites for hydroxylation is 1. The maximum absolute atomic E-state index is 13.1. The molecule has 0 unspecified atom stereocenters. The second-order valence-corrected chi connectivity index (χ2v) is 7.16. The summed E-state index contributed by atoms with van der Waals surface area (Å²) in [6, 6.07) is 4.62. The number of aromatic nitrogens is 4. The fourth-order valence-electron chi connectivity index (χ4n) is 3.50. The van der Waals surface area contributed by atoms with Crippen molar-refractivity contribution in [3.63, 3.8) is 0 Å². The minimum atomic E-state index is -4.34. The number of alkyl halides is 3. The Morgan fingerprint density at radius 2 is 2.14 bits per heavy atom. The van der Waals surface area contributed by atoms with Crippen molar-refractivity contribution >= 4 is 11.5 Å². The summed E-state index contributed by atoms with van der Waals surface area (Å²) in [7, 11) is 0. The van der Waals surface area contributed by atoms with Gasteiger partial charge in [-0.05, 0) is 18.9 Å². The maximum Gasteiger partial charge on any atom is 0.393 e. The molecule has 0 aliphatic carbocycles. The van der Waals surface area contributed by atoms with Crippen LogP contribution in [0.5, 0.6) is 0 Å². The third kappa shape index (κ3) is 4.18. The highest BCUT2D eigenvalue weighted by Gasteiger charge is 2.30. The lowest BCUT2D eigenvalue weighted by Crippen LogP contribution is -2.42. The Balaban J connectivity index is 1.74. The van der Waals surface area contributed by atoms with Gasteiger partial charge in [0.15, 0.2) is 0 Å². The fourth-order valence-corrected chi connectivity index (χ4v) is 3.50. The van der Waals surface area contributed by atoms with Crippen LogP contribution >= 0.6 is 0 Å². The van der Waals surface area contributed by atoms with Crippen LogP contribution < -0.4 is 5.32 Å².